The van der Waals surface area contributed by atoms with Gasteiger partial charge in [-0.05, 0) is 12.0 Å². The van der Waals surface area contributed by atoms with Gasteiger partial charge in [-0.25, -0.2) is 0 Å². The van der Waals surface area contributed by atoms with Crippen LogP contribution in [0.25, 0.3) is 0 Å². The molecule has 6 nitrogen and oxygen atoms in total. The summed E-state index contributed by atoms with van der Waals surface area (Å²) in [6, 6.07) is 9.26. The molecule has 2 fully saturated rings. The second-order valence-corrected chi connectivity index (χ2v) is 6.23. The van der Waals surface area contributed by atoms with Gasteiger partial charge in [0.15, 0.2) is 6.10 Å². The average molecular weight is 319 g/mol. The Bertz CT molecular complexity index is 590. The predicted octanol–water partition coefficient (Wildman–Crippen LogP) is 1.32. The minimum atomic E-state index is -0.886. The molecule has 2 saturated heterocycles. The smallest absolute Gasteiger partial charge is 0.311 e. The number of nitrogens with zero attached hydrogens (tertiary/aromatic N) is 1. The molecule has 1 aromatic rings. The third kappa shape index (κ3) is 2.72. The van der Waals surface area contributed by atoms with E-state index in [1.165, 1.54) is 7.11 Å². The number of likely N-dealkylation sites (tertiary alicyclic amines) is 1. The lowest BCUT2D eigenvalue weighted by molar-refractivity contribution is -0.157. The number of aliphatic carboxylic acids is 1. The summed E-state index contributed by atoms with van der Waals surface area (Å²) in [5, 5.41) is 9.69. The highest BCUT2D eigenvalue weighted by molar-refractivity contribution is 5.85. The number of methoxy groups -OCH3 is 1. The first kappa shape index (κ1) is 16.0. The fourth-order valence-electron chi connectivity index (χ4n) is 3.64. The fraction of sp³-hybridized carbons (Fsp3) is 0.529. The normalized spacial score (nSPS) is 28.2. The molecule has 0 saturated carbocycles. The Labute approximate surface area is 135 Å². The molecule has 0 aliphatic carbocycles. The molecular weight excluding hydrogens is 298 g/mol. The number of benzene rings is 1. The minimum Gasteiger partial charge on any atom is -0.481 e. The first-order valence-electron chi connectivity index (χ1n) is 7.76. The SMILES string of the molecule is CO[C@@H](C(=O)N1C[C@H]2COCC[C@@]2(C(=O)O)C1)c1ccccc1. The third-order valence-corrected chi connectivity index (χ3v) is 5.01. The summed E-state index contributed by atoms with van der Waals surface area (Å²) in [7, 11) is 1.49. The Morgan fingerprint density at radius 2 is 2.13 bits per heavy atom. The van der Waals surface area contributed by atoms with E-state index in [9.17, 15) is 14.7 Å². The van der Waals surface area contributed by atoms with Crippen LogP contribution in [0.1, 0.15) is 18.1 Å². The van der Waals surface area contributed by atoms with E-state index >= 15 is 0 Å². The van der Waals surface area contributed by atoms with Crippen LogP contribution in [0.15, 0.2) is 30.3 Å². The molecule has 23 heavy (non-hydrogen) atoms. The van der Waals surface area contributed by atoms with Gasteiger partial charge >= 0.3 is 5.97 Å². The van der Waals surface area contributed by atoms with Crippen molar-refractivity contribution in [1.29, 1.82) is 0 Å². The van der Waals surface area contributed by atoms with E-state index in [-0.39, 0.29) is 18.4 Å². The molecule has 1 aromatic carbocycles. The minimum absolute atomic E-state index is 0.161. The molecule has 1 N–H and O–H groups in total. The number of carbonyl (C=O) groups excluding carboxylic acids is 1. The summed E-state index contributed by atoms with van der Waals surface area (Å²) in [5.41, 5.74) is -0.112. The van der Waals surface area contributed by atoms with Crippen molar-refractivity contribution >= 4 is 11.9 Å². The molecule has 124 valence electrons. The second kappa shape index (κ2) is 6.29. The molecule has 3 rings (SSSR count). The van der Waals surface area contributed by atoms with Gasteiger partial charge in [0.25, 0.3) is 5.91 Å². The first-order valence-corrected chi connectivity index (χ1v) is 7.76. The monoisotopic (exact) mass is 319 g/mol. The Morgan fingerprint density at radius 1 is 1.39 bits per heavy atom. The van der Waals surface area contributed by atoms with Crippen molar-refractivity contribution in [2.75, 3.05) is 33.4 Å². The maximum atomic E-state index is 12.9. The second-order valence-electron chi connectivity index (χ2n) is 6.23. The summed E-state index contributed by atoms with van der Waals surface area (Å²) >= 11 is 0. The van der Waals surface area contributed by atoms with E-state index < -0.39 is 17.5 Å². The lowest BCUT2D eigenvalue weighted by Gasteiger charge is -2.33. The lowest BCUT2D eigenvalue weighted by atomic mass is 9.74. The van der Waals surface area contributed by atoms with Crippen molar-refractivity contribution in [2.45, 2.75) is 12.5 Å². The Morgan fingerprint density at radius 3 is 2.74 bits per heavy atom. The summed E-state index contributed by atoms with van der Waals surface area (Å²) in [5.74, 6) is -1.19. The molecule has 0 aromatic heterocycles. The number of ether oxygens (including phenoxy) is 2. The van der Waals surface area contributed by atoms with E-state index in [1.54, 1.807) is 4.90 Å². The van der Waals surface area contributed by atoms with Gasteiger partial charge in [0.05, 0.1) is 12.0 Å². The lowest BCUT2D eigenvalue weighted by Crippen LogP contribution is -2.45. The largest absolute Gasteiger partial charge is 0.481 e. The van der Waals surface area contributed by atoms with Crippen LogP contribution in [0, 0.1) is 11.3 Å². The highest BCUT2D eigenvalue weighted by atomic mass is 16.5. The van der Waals surface area contributed by atoms with Gasteiger partial charge in [-0.2, -0.15) is 0 Å². The number of hydrogen-bond donors (Lipinski definition) is 1. The quantitative estimate of drug-likeness (QED) is 0.906. The maximum Gasteiger partial charge on any atom is 0.311 e. The fourth-order valence-corrected chi connectivity index (χ4v) is 3.64. The Kier molecular flexibility index (Phi) is 4.37. The van der Waals surface area contributed by atoms with Crippen LogP contribution in [0.3, 0.4) is 0 Å². The van der Waals surface area contributed by atoms with Crippen LogP contribution in [-0.4, -0.2) is 55.3 Å². The molecule has 2 aliphatic heterocycles. The van der Waals surface area contributed by atoms with Crippen molar-refractivity contribution in [3.8, 4) is 0 Å². The molecule has 1 amide bonds. The van der Waals surface area contributed by atoms with Crippen molar-refractivity contribution in [3.63, 3.8) is 0 Å². The standard InChI is InChI=1S/C17H21NO5/c1-22-14(12-5-3-2-4-6-12)15(19)18-9-13-10-23-8-7-17(13,11-18)16(20)21/h2-6,13-14H,7-11H2,1H3,(H,20,21)/t13-,14+,17+/m0/s1. The van der Waals surface area contributed by atoms with Crippen LogP contribution in [-0.2, 0) is 19.1 Å². The molecule has 3 atom stereocenters. The number of amides is 1. The number of hydrogen-bond acceptors (Lipinski definition) is 4. The van der Waals surface area contributed by atoms with E-state index in [0.29, 0.717) is 26.2 Å². The number of rotatable bonds is 4. The van der Waals surface area contributed by atoms with Gasteiger partial charge in [-0.3, -0.25) is 9.59 Å². The summed E-state index contributed by atoms with van der Waals surface area (Å²) in [4.78, 5) is 26.3. The molecule has 0 radical (unpaired) electrons. The number of carboxylic acid groups (broad SMARTS) is 1. The average Bonchev–Trinajstić information content (AvgIpc) is 2.97. The van der Waals surface area contributed by atoms with Gasteiger partial charge in [-0.1, -0.05) is 30.3 Å². The number of fused-ring (bicyclic) bond motifs is 1. The number of carbonyl (C=O) groups is 2. The van der Waals surface area contributed by atoms with E-state index in [2.05, 4.69) is 0 Å². The molecular formula is C17H21NO5. The van der Waals surface area contributed by atoms with Crippen LogP contribution < -0.4 is 0 Å². The van der Waals surface area contributed by atoms with Crippen molar-refractivity contribution < 1.29 is 24.2 Å². The van der Waals surface area contributed by atoms with E-state index in [0.717, 1.165) is 5.56 Å². The Balaban J connectivity index is 1.82. The Hall–Kier alpha value is -1.92. The van der Waals surface area contributed by atoms with Crippen LogP contribution in [0.5, 0.6) is 0 Å². The van der Waals surface area contributed by atoms with Gasteiger partial charge in [0.1, 0.15) is 0 Å². The predicted molar refractivity (Wildman–Crippen MR) is 81.8 cm³/mol. The zero-order valence-electron chi connectivity index (χ0n) is 13.1. The van der Waals surface area contributed by atoms with Crippen LogP contribution in [0.2, 0.25) is 0 Å². The molecule has 2 aliphatic rings. The maximum absolute atomic E-state index is 12.9. The van der Waals surface area contributed by atoms with Crippen molar-refractivity contribution in [3.05, 3.63) is 35.9 Å². The summed E-state index contributed by atoms with van der Waals surface area (Å²) in [6.07, 6.45) is -0.261. The van der Waals surface area contributed by atoms with Crippen LogP contribution in [0.4, 0.5) is 0 Å². The molecule has 6 heteroatoms. The van der Waals surface area contributed by atoms with Gasteiger partial charge in [0, 0.05) is 32.7 Å². The van der Waals surface area contributed by atoms with Gasteiger partial charge in [0.2, 0.25) is 0 Å². The first-order chi connectivity index (χ1) is 11.1. The molecule has 0 spiro atoms. The summed E-state index contributed by atoms with van der Waals surface area (Å²) < 4.78 is 10.8. The van der Waals surface area contributed by atoms with Gasteiger partial charge < -0.3 is 19.5 Å². The third-order valence-electron chi connectivity index (χ3n) is 5.01. The topological polar surface area (TPSA) is 76.1 Å². The zero-order valence-corrected chi connectivity index (χ0v) is 13.1. The molecule has 0 bridgehead atoms. The molecule has 0 unspecified atom stereocenters. The van der Waals surface area contributed by atoms with Crippen molar-refractivity contribution in [1.82, 2.24) is 4.90 Å². The molecule has 2 heterocycles. The highest BCUT2D eigenvalue weighted by Gasteiger charge is 2.55. The summed E-state index contributed by atoms with van der Waals surface area (Å²) in [6.45, 7) is 1.44. The zero-order chi connectivity index (χ0) is 16.4. The van der Waals surface area contributed by atoms with E-state index in [4.69, 9.17) is 9.47 Å². The van der Waals surface area contributed by atoms with Crippen molar-refractivity contribution in [2.24, 2.45) is 11.3 Å². The highest BCUT2D eigenvalue weighted by Crippen LogP contribution is 2.43. The van der Waals surface area contributed by atoms with Gasteiger partial charge in [-0.15, -0.1) is 0 Å². The van der Waals surface area contributed by atoms with E-state index in [1.807, 2.05) is 30.3 Å². The van der Waals surface area contributed by atoms with Crippen LogP contribution >= 0.6 is 0 Å². The number of carboxylic acids is 1.